The van der Waals surface area contributed by atoms with E-state index in [0.717, 1.165) is 33.9 Å². The molecular weight excluding hydrogens is 336 g/mol. The lowest BCUT2D eigenvalue weighted by molar-refractivity contribution is -0.115. The molecule has 6 nitrogen and oxygen atoms in total. The number of H-pyrrole nitrogens is 1. The Bertz CT molecular complexity index is 875. The number of aliphatic hydroxyl groups is 1. The highest BCUT2D eigenvalue weighted by Gasteiger charge is 2.26. The Kier molecular flexibility index (Phi) is 4.25. The summed E-state index contributed by atoms with van der Waals surface area (Å²) in [7, 11) is 0. The summed E-state index contributed by atoms with van der Waals surface area (Å²) < 4.78 is 0. The van der Waals surface area contributed by atoms with Crippen LogP contribution in [0, 0.1) is 0 Å². The second-order valence-electron chi connectivity index (χ2n) is 5.95. The molecular formula is C18H18N4O2S. The number of amides is 1. The van der Waals surface area contributed by atoms with Crippen LogP contribution in [0.1, 0.15) is 12.0 Å². The lowest BCUT2D eigenvalue weighted by Gasteiger charge is -2.35. The zero-order valence-corrected chi connectivity index (χ0v) is 14.3. The highest BCUT2D eigenvalue weighted by molar-refractivity contribution is 7.14. The SMILES string of the molecule is O=C(CN1c2ccccc2CCC1O)Nc1ccsc1-c1cnc[nH]1. The number of fused-ring (bicyclic) bond motifs is 1. The van der Waals surface area contributed by atoms with Gasteiger partial charge < -0.3 is 20.3 Å². The largest absolute Gasteiger partial charge is 0.374 e. The van der Waals surface area contributed by atoms with E-state index in [9.17, 15) is 9.90 Å². The van der Waals surface area contributed by atoms with Crippen molar-refractivity contribution in [2.45, 2.75) is 19.1 Å². The highest BCUT2D eigenvalue weighted by Crippen LogP contribution is 2.33. The minimum atomic E-state index is -0.643. The number of thiophene rings is 1. The van der Waals surface area contributed by atoms with Crippen molar-refractivity contribution in [1.82, 2.24) is 9.97 Å². The molecule has 0 radical (unpaired) electrons. The van der Waals surface area contributed by atoms with Gasteiger partial charge in [0.2, 0.25) is 5.91 Å². The van der Waals surface area contributed by atoms with Crippen molar-refractivity contribution in [1.29, 1.82) is 0 Å². The maximum absolute atomic E-state index is 12.6. The number of hydrogen-bond acceptors (Lipinski definition) is 5. The van der Waals surface area contributed by atoms with E-state index in [1.165, 1.54) is 11.3 Å². The Morgan fingerprint density at radius 1 is 1.40 bits per heavy atom. The van der Waals surface area contributed by atoms with Gasteiger partial charge in [0.1, 0.15) is 6.23 Å². The summed E-state index contributed by atoms with van der Waals surface area (Å²) in [4.78, 5) is 22.3. The van der Waals surface area contributed by atoms with E-state index in [-0.39, 0.29) is 12.5 Å². The molecule has 0 spiro atoms. The number of imidazole rings is 1. The summed E-state index contributed by atoms with van der Waals surface area (Å²) in [5.74, 6) is -0.157. The number of rotatable bonds is 4. The number of benzene rings is 1. The summed E-state index contributed by atoms with van der Waals surface area (Å²) in [5, 5.41) is 15.2. The monoisotopic (exact) mass is 354 g/mol. The number of para-hydroxylation sites is 1. The molecule has 25 heavy (non-hydrogen) atoms. The summed E-state index contributed by atoms with van der Waals surface area (Å²) in [6.07, 6.45) is 4.15. The van der Waals surface area contributed by atoms with Crippen LogP contribution in [0.15, 0.2) is 48.2 Å². The van der Waals surface area contributed by atoms with Crippen molar-refractivity contribution in [3.8, 4) is 10.6 Å². The molecule has 3 N–H and O–H groups in total. The zero-order chi connectivity index (χ0) is 17.2. The molecule has 1 aliphatic rings. The summed E-state index contributed by atoms with van der Waals surface area (Å²) >= 11 is 1.54. The van der Waals surface area contributed by atoms with Gasteiger partial charge in [0.15, 0.2) is 0 Å². The third kappa shape index (κ3) is 3.16. The lowest BCUT2D eigenvalue weighted by atomic mass is 10.0. The van der Waals surface area contributed by atoms with Crippen LogP contribution >= 0.6 is 11.3 Å². The van der Waals surface area contributed by atoms with E-state index >= 15 is 0 Å². The molecule has 0 saturated carbocycles. The first-order valence-corrected chi connectivity index (χ1v) is 8.99. The van der Waals surface area contributed by atoms with Gasteiger partial charge in [-0.05, 0) is 35.9 Å². The fraction of sp³-hybridized carbons (Fsp3) is 0.222. The number of aryl methyl sites for hydroxylation is 1. The van der Waals surface area contributed by atoms with E-state index in [2.05, 4.69) is 15.3 Å². The Morgan fingerprint density at radius 3 is 3.12 bits per heavy atom. The molecule has 7 heteroatoms. The molecule has 0 aliphatic carbocycles. The molecule has 1 aromatic carbocycles. The van der Waals surface area contributed by atoms with Gasteiger partial charge >= 0.3 is 0 Å². The molecule has 0 saturated heterocycles. The minimum absolute atomic E-state index is 0.108. The van der Waals surface area contributed by atoms with Crippen molar-refractivity contribution in [2.75, 3.05) is 16.8 Å². The molecule has 0 fully saturated rings. The average Bonchev–Trinajstić information content (AvgIpc) is 3.28. The smallest absolute Gasteiger partial charge is 0.244 e. The van der Waals surface area contributed by atoms with E-state index in [1.807, 2.05) is 35.7 Å². The predicted molar refractivity (Wildman–Crippen MR) is 98.6 cm³/mol. The quantitative estimate of drug-likeness (QED) is 0.673. The van der Waals surface area contributed by atoms with Crippen LogP contribution in [-0.4, -0.2) is 33.8 Å². The molecule has 1 amide bonds. The topological polar surface area (TPSA) is 81.2 Å². The van der Waals surface area contributed by atoms with Crippen molar-refractivity contribution in [3.05, 3.63) is 53.8 Å². The summed E-state index contributed by atoms with van der Waals surface area (Å²) in [5.41, 5.74) is 3.71. The van der Waals surface area contributed by atoms with Gasteiger partial charge in [0.05, 0.1) is 35.3 Å². The lowest BCUT2D eigenvalue weighted by Crippen LogP contribution is -2.43. The number of carbonyl (C=O) groups excluding carboxylic acids is 1. The molecule has 1 atom stereocenters. The molecule has 0 bridgehead atoms. The van der Waals surface area contributed by atoms with E-state index < -0.39 is 6.23 Å². The maximum atomic E-state index is 12.6. The van der Waals surface area contributed by atoms with Crippen LogP contribution < -0.4 is 10.2 Å². The zero-order valence-electron chi connectivity index (χ0n) is 13.5. The number of aromatic nitrogens is 2. The first-order chi connectivity index (χ1) is 12.2. The Labute approximate surface area is 149 Å². The number of aliphatic hydroxyl groups excluding tert-OH is 1. The number of nitrogens with one attached hydrogen (secondary N) is 2. The molecule has 1 aliphatic heterocycles. The van der Waals surface area contributed by atoms with Crippen LogP contribution in [0.25, 0.3) is 10.6 Å². The molecule has 3 heterocycles. The van der Waals surface area contributed by atoms with Crippen LogP contribution in [0.5, 0.6) is 0 Å². The molecule has 2 aromatic heterocycles. The third-order valence-corrected chi connectivity index (χ3v) is 5.28. The Balaban J connectivity index is 1.51. The first-order valence-electron chi connectivity index (χ1n) is 8.11. The number of aromatic amines is 1. The fourth-order valence-corrected chi connectivity index (χ4v) is 3.96. The fourth-order valence-electron chi connectivity index (χ4n) is 3.13. The van der Waals surface area contributed by atoms with Crippen molar-refractivity contribution >= 4 is 28.6 Å². The van der Waals surface area contributed by atoms with Gasteiger partial charge in [0, 0.05) is 5.69 Å². The van der Waals surface area contributed by atoms with Crippen LogP contribution in [0.4, 0.5) is 11.4 Å². The van der Waals surface area contributed by atoms with Gasteiger partial charge in [0.25, 0.3) is 0 Å². The van der Waals surface area contributed by atoms with Crippen LogP contribution in [0.2, 0.25) is 0 Å². The number of hydrogen-bond donors (Lipinski definition) is 3. The highest BCUT2D eigenvalue weighted by atomic mass is 32.1. The standard InChI is InChI=1S/C18H18N4O2S/c23-16(21-13-7-8-25-18(13)14-9-19-11-20-14)10-22-15-4-2-1-3-12(15)5-6-17(22)24/h1-4,7-9,11,17,24H,5-6,10H2,(H,19,20)(H,21,23). The van der Waals surface area contributed by atoms with E-state index in [0.29, 0.717) is 6.42 Å². The third-order valence-electron chi connectivity index (χ3n) is 4.33. The molecule has 128 valence electrons. The van der Waals surface area contributed by atoms with Crippen molar-refractivity contribution < 1.29 is 9.90 Å². The van der Waals surface area contributed by atoms with Crippen molar-refractivity contribution in [3.63, 3.8) is 0 Å². The molecule has 1 unspecified atom stereocenters. The summed E-state index contributed by atoms with van der Waals surface area (Å²) in [6.45, 7) is 0.108. The molecule has 4 rings (SSSR count). The first kappa shape index (κ1) is 15.9. The normalized spacial score (nSPS) is 16.5. The van der Waals surface area contributed by atoms with Crippen LogP contribution in [0.3, 0.4) is 0 Å². The van der Waals surface area contributed by atoms with Gasteiger partial charge in [-0.2, -0.15) is 0 Å². The second kappa shape index (κ2) is 6.70. The Hall–Kier alpha value is -2.64. The van der Waals surface area contributed by atoms with Gasteiger partial charge in [-0.25, -0.2) is 4.98 Å². The maximum Gasteiger partial charge on any atom is 0.244 e. The number of carbonyl (C=O) groups is 1. The molecule has 3 aromatic rings. The van der Waals surface area contributed by atoms with Crippen molar-refractivity contribution in [2.24, 2.45) is 0 Å². The van der Waals surface area contributed by atoms with Gasteiger partial charge in [-0.3, -0.25) is 4.79 Å². The minimum Gasteiger partial charge on any atom is -0.374 e. The summed E-state index contributed by atoms with van der Waals surface area (Å²) in [6, 6.07) is 9.78. The Morgan fingerprint density at radius 2 is 2.28 bits per heavy atom. The van der Waals surface area contributed by atoms with Crippen LogP contribution in [-0.2, 0) is 11.2 Å². The van der Waals surface area contributed by atoms with E-state index in [1.54, 1.807) is 17.4 Å². The number of anilines is 2. The van der Waals surface area contributed by atoms with Gasteiger partial charge in [-0.1, -0.05) is 18.2 Å². The van der Waals surface area contributed by atoms with E-state index in [4.69, 9.17) is 0 Å². The van der Waals surface area contributed by atoms with Gasteiger partial charge in [-0.15, -0.1) is 11.3 Å². The predicted octanol–water partition coefficient (Wildman–Crippen LogP) is 2.85. The second-order valence-corrected chi connectivity index (χ2v) is 6.87. The average molecular weight is 354 g/mol. The number of nitrogens with zero attached hydrogens (tertiary/aromatic N) is 2.